The van der Waals surface area contributed by atoms with E-state index in [1.165, 1.54) is 12.0 Å². The van der Waals surface area contributed by atoms with Crippen LogP contribution in [0.4, 0.5) is 5.69 Å². The van der Waals surface area contributed by atoms with E-state index in [4.69, 9.17) is 0 Å². The Morgan fingerprint density at radius 3 is 1.90 bits per heavy atom. The van der Waals surface area contributed by atoms with Gasteiger partial charge in [0.2, 0.25) is 0 Å². The standard InChI is InChI=1S/C17H26NOP.Y/c1-12-10-13(2)15(14(3)11-12)18-16(19)17(8-7-9-17)20(4,5)6;/h10-11H,7-9H2,1-6H3;/p+1. The van der Waals surface area contributed by atoms with E-state index >= 15 is 0 Å². The largest absolute Gasteiger partial charge is 0.322 e. The molecule has 1 fully saturated rings. The summed E-state index contributed by atoms with van der Waals surface area (Å²) in [6.07, 6.45) is 3.30. The number of aryl methyl sites for hydroxylation is 3. The Labute approximate surface area is 155 Å². The molecule has 0 atom stereocenters. The van der Waals surface area contributed by atoms with Gasteiger partial charge in [0, 0.05) is 65.7 Å². The van der Waals surface area contributed by atoms with E-state index in [9.17, 15) is 4.79 Å². The zero-order valence-electron chi connectivity index (χ0n) is 14.2. The van der Waals surface area contributed by atoms with Gasteiger partial charge in [-0.15, -0.1) is 0 Å². The first kappa shape index (κ1) is 19.3. The minimum atomic E-state index is -1.20. The molecular weight excluding hydrogens is 354 g/mol. The van der Waals surface area contributed by atoms with E-state index in [2.05, 4.69) is 58.2 Å². The van der Waals surface area contributed by atoms with Gasteiger partial charge in [-0.2, -0.15) is 0 Å². The number of rotatable bonds is 3. The van der Waals surface area contributed by atoms with Crippen LogP contribution < -0.4 is 5.32 Å². The molecule has 113 valence electrons. The van der Waals surface area contributed by atoms with Gasteiger partial charge in [-0.1, -0.05) is 17.7 Å². The number of carbonyl (C=O) groups is 1. The minimum absolute atomic E-state index is 0. The first-order valence-electron chi connectivity index (χ1n) is 7.38. The first-order chi connectivity index (χ1) is 9.17. The Morgan fingerprint density at radius 1 is 1.10 bits per heavy atom. The molecule has 1 saturated carbocycles. The zero-order chi connectivity index (χ0) is 15.1. The first-order valence-corrected chi connectivity index (χ1v) is 10.5. The second-order valence-corrected chi connectivity index (χ2v) is 12.0. The van der Waals surface area contributed by atoms with Crippen LogP contribution in [0.3, 0.4) is 0 Å². The molecule has 2 rings (SSSR count). The van der Waals surface area contributed by atoms with E-state index < -0.39 is 7.26 Å². The summed E-state index contributed by atoms with van der Waals surface area (Å²) in [7, 11) is -1.20. The summed E-state index contributed by atoms with van der Waals surface area (Å²) in [5.74, 6) is 0.250. The Bertz CT molecular complexity index is 521. The van der Waals surface area contributed by atoms with Crippen LogP contribution in [0.15, 0.2) is 12.1 Å². The van der Waals surface area contributed by atoms with Crippen LogP contribution in [0.2, 0.25) is 0 Å². The van der Waals surface area contributed by atoms with Crippen molar-refractivity contribution in [3.05, 3.63) is 28.8 Å². The maximum Gasteiger partial charge on any atom is 0.268 e. The van der Waals surface area contributed by atoms with Crippen molar-refractivity contribution in [2.75, 3.05) is 25.3 Å². The van der Waals surface area contributed by atoms with Crippen molar-refractivity contribution in [2.45, 2.75) is 45.2 Å². The van der Waals surface area contributed by atoms with Crippen molar-refractivity contribution in [3.63, 3.8) is 0 Å². The predicted octanol–water partition coefficient (Wildman–Crippen LogP) is 4.38. The minimum Gasteiger partial charge on any atom is -0.322 e. The number of amides is 1. The van der Waals surface area contributed by atoms with Crippen LogP contribution in [0.5, 0.6) is 0 Å². The predicted molar refractivity (Wildman–Crippen MR) is 90.6 cm³/mol. The van der Waals surface area contributed by atoms with Gasteiger partial charge in [0.25, 0.3) is 5.91 Å². The molecule has 0 aromatic heterocycles. The fourth-order valence-electron chi connectivity index (χ4n) is 3.32. The van der Waals surface area contributed by atoms with Gasteiger partial charge < -0.3 is 5.32 Å². The molecular formula is C17H27NOPY+. The second kappa shape index (κ2) is 6.77. The average molecular weight is 381 g/mol. The van der Waals surface area contributed by atoms with Crippen LogP contribution in [0.25, 0.3) is 0 Å². The molecule has 2 nitrogen and oxygen atoms in total. The van der Waals surface area contributed by atoms with Gasteiger partial charge in [-0.05, 0) is 51.2 Å². The van der Waals surface area contributed by atoms with E-state index in [0.717, 1.165) is 29.7 Å². The third kappa shape index (κ3) is 3.60. The third-order valence-electron chi connectivity index (χ3n) is 4.80. The van der Waals surface area contributed by atoms with Gasteiger partial charge in [0.15, 0.2) is 5.16 Å². The molecule has 0 spiro atoms. The fraction of sp³-hybridized carbons (Fsp3) is 0.588. The molecule has 1 aliphatic carbocycles. The number of benzene rings is 1. The van der Waals surface area contributed by atoms with Gasteiger partial charge in [-0.3, -0.25) is 4.79 Å². The average Bonchev–Trinajstić information content (AvgIpc) is 2.19. The SMILES string of the molecule is Cc1cc(C)c(NC(=O)C2([P+](C)(C)C)CCC2)c(C)c1.[Y]. The number of hydrogen-bond acceptors (Lipinski definition) is 1. The molecule has 21 heavy (non-hydrogen) atoms. The van der Waals surface area contributed by atoms with Crippen LogP contribution >= 0.6 is 7.26 Å². The second-order valence-electron chi connectivity index (χ2n) is 7.13. The molecule has 0 heterocycles. The molecule has 0 aliphatic heterocycles. The molecule has 0 bridgehead atoms. The Balaban J connectivity index is 0.00000220. The molecule has 1 aliphatic rings. The topological polar surface area (TPSA) is 29.1 Å². The Morgan fingerprint density at radius 2 is 1.57 bits per heavy atom. The quantitative estimate of drug-likeness (QED) is 0.774. The van der Waals surface area contributed by atoms with Crippen molar-refractivity contribution >= 4 is 18.9 Å². The normalized spacial score (nSPS) is 16.7. The zero-order valence-corrected chi connectivity index (χ0v) is 17.9. The summed E-state index contributed by atoms with van der Waals surface area (Å²) < 4.78 is 0. The van der Waals surface area contributed by atoms with Crippen molar-refractivity contribution in [1.82, 2.24) is 0 Å². The number of anilines is 1. The van der Waals surface area contributed by atoms with Gasteiger partial charge in [0.05, 0.1) is 0 Å². The Hall–Kier alpha value is 0.224. The Kier molecular flexibility index (Phi) is 6.21. The molecule has 1 N–H and O–H groups in total. The molecule has 0 unspecified atom stereocenters. The van der Waals surface area contributed by atoms with Crippen molar-refractivity contribution in [3.8, 4) is 0 Å². The summed E-state index contributed by atoms with van der Waals surface area (Å²) in [6.45, 7) is 13.1. The molecule has 1 radical (unpaired) electrons. The molecule has 1 aromatic carbocycles. The number of hydrogen-bond donors (Lipinski definition) is 1. The van der Waals surface area contributed by atoms with Crippen LogP contribution in [-0.2, 0) is 37.5 Å². The fourth-order valence-corrected chi connectivity index (χ4v) is 5.64. The number of nitrogens with one attached hydrogen (secondary N) is 1. The van der Waals surface area contributed by atoms with Gasteiger partial charge >= 0.3 is 0 Å². The van der Waals surface area contributed by atoms with Gasteiger partial charge in [0.1, 0.15) is 0 Å². The summed E-state index contributed by atoms with van der Waals surface area (Å²) in [5.41, 5.74) is 4.59. The molecule has 1 aromatic rings. The molecule has 1 amide bonds. The number of carbonyl (C=O) groups excluding carboxylic acids is 1. The summed E-state index contributed by atoms with van der Waals surface area (Å²) >= 11 is 0. The van der Waals surface area contributed by atoms with Crippen molar-refractivity contribution < 1.29 is 37.5 Å². The van der Waals surface area contributed by atoms with E-state index in [-0.39, 0.29) is 43.8 Å². The van der Waals surface area contributed by atoms with Gasteiger partial charge in [-0.25, -0.2) is 0 Å². The monoisotopic (exact) mass is 381 g/mol. The van der Waals surface area contributed by atoms with Crippen LogP contribution in [-0.4, -0.2) is 31.1 Å². The van der Waals surface area contributed by atoms with Crippen LogP contribution in [0.1, 0.15) is 36.0 Å². The van der Waals surface area contributed by atoms with E-state index in [1.54, 1.807) is 0 Å². The van der Waals surface area contributed by atoms with E-state index in [0.29, 0.717) is 0 Å². The maximum absolute atomic E-state index is 12.9. The van der Waals surface area contributed by atoms with E-state index in [1.807, 2.05) is 0 Å². The van der Waals surface area contributed by atoms with Crippen LogP contribution in [0, 0.1) is 20.8 Å². The molecule has 0 saturated heterocycles. The smallest absolute Gasteiger partial charge is 0.268 e. The third-order valence-corrected chi connectivity index (χ3v) is 8.02. The summed E-state index contributed by atoms with van der Waals surface area (Å²) in [4.78, 5) is 12.9. The summed E-state index contributed by atoms with van der Waals surface area (Å²) in [5, 5.41) is 3.16. The maximum atomic E-state index is 12.9. The molecule has 4 heteroatoms. The van der Waals surface area contributed by atoms with Crippen molar-refractivity contribution in [1.29, 1.82) is 0 Å². The van der Waals surface area contributed by atoms with Crippen molar-refractivity contribution in [2.24, 2.45) is 0 Å². The summed E-state index contributed by atoms with van der Waals surface area (Å²) in [6, 6.07) is 4.28.